The van der Waals surface area contributed by atoms with Crippen LogP contribution in [0, 0.1) is 0 Å². The first kappa shape index (κ1) is 13.2. The third kappa shape index (κ3) is 2.62. The summed E-state index contributed by atoms with van der Waals surface area (Å²) in [5.41, 5.74) is 3.93. The van der Waals surface area contributed by atoms with E-state index in [0.717, 1.165) is 5.69 Å². The van der Waals surface area contributed by atoms with Crippen molar-refractivity contribution in [1.29, 1.82) is 0 Å². The van der Waals surface area contributed by atoms with Crippen molar-refractivity contribution in [1.82, 2.24) is 15.2 Å². The summed E-state index contributed by atoms with van der Waals surface area (Å²) in [6.07, 6.45) is 4.14. The van der Waals surface area contributed by atoms with Crippen LogP contribution in [0.15, 0.2) is 6.20 Å². The second kappa shape index (κ2) is 5.61. The van der Waals surface area contributed by atoms with Gasteiger partial charge in [-0.15, -0.1) is 0 Å². The van der Waals surface area contributed by atoms with E-state index in [2.05, 4.69) is 24.4 Å². The van der Waals surface area contributed by atoms with Gasteiger partial charge in [0.2, 0.25) is 0 Å². The molecule has 0 radical (unpaired) electrons. The summed E-state index contributed by atoms with van der Waals surface area (Å²) in [7, 11) is 0. The lowest BCUT2D eigenvalue weighted by Crippen LogP contribution is -2.36. The highest BCUT2D eigenvalue weighted by molar-refractivity contribution is 8.00. The summed E-state index contributed by atoms with van der Waals surface area (Å²) < 4.78 is 1.96. The van der Waals surface area contributed by atoms with Gasteiger partial charge in [-0.2, -0.15) is 16.9 Å². The molecule has 1 aliphatic heterocycles. The molecule has 0 spiro atoms. The predicted molar refractivity (Wildman–Crippen MR) is 73.2 cm³/mol. The Labute approximate surface area is 111 Å². The van der Waals surface area contributed by atoms with Crippen molar-refractivity contribution in [3.63, 3.8) is 0 Å². The zero-order chi connectivity index (χ0) is 12.4. The van der Waals surface area contributed by atoms with Crippen molar-refractivity contribution in [2.24, 2.45) is 5.84 Å². The lowest BCUT2D eigenvalue weighted by atomic mass is 10.1. The highest BCUT2D eigenvalue weighted by Crippen LogP contribution is 2.38. The van der Waals surface area contributed by atoms with E-state index in [-0.39, 0.29) is 6.04 Å². The minimum Gasteiger partial charge on any atom is -0.271 e. The van der Waals surface area contributed by atoms with Gasteiger partial charge in [-0.3, -0.25) is 16.0 Å². The fourth-order valence-electron chi connectivity index (χ4n) is 2.28. The molecule has 0 aromatic carbocycles. The highest BCUT2D eigenvalue weighted by atomic mass is 35.5. The van der Waals surface area contributed by atoms with Gasteiger partial charge in [-0.05, 0) is 32.4 Å². The predicted octanol–water partition coefficient (Wildman–Crippen LogP) is 2.52. The molecule has 2 atom stereocenters. The number of thioether (sulfide) groups is 1. The van der Waals surface area contributed by atoms with E-state index in [0.29, 0.717) is 16.3 Å². The van der Waals surface area contributed by atoms with Crippen LogP contribution in [0.4, 0.5) is 0 Å². The SMILES string of the molecule is CC(C)n1ncc(Cl)c1C(NN)C1CCCS1. The van der Waals surface area contributed by atoms with Crippen LogP contribution in [0.3, 0.4) is 0 Å². The van der Waals surface area contributed by atoms with E-state index >= 15 is 0 Å². The van der Waals surface area contributed by atoms with Crippen LogP contribution in [0.5, 0.6) is 0 Å². The van der Waals surface area contributed by atoms with E-state index in [1.807, 2.05) is 16.4 Å². The van der Waals surface area contributed by atoms with E-state index < -0.39 is 0 Å². The Balaban J connectivity index is 2.32. The molecule has 1 aromatic rings. The fourth-order valence-corrected chi connectivity index (χ4v) is 3.90. The summed E-state index contributed by atoms with van der Waals surface area (Å²) in [6, 6.07) is 0.375. The normalized spacial score (nSPS) is 22.3. The number of rotatable bonds is 4. The number of hydrogen-bond donors (Lipinski definition) is 2. The van der Waals surface area contributed by atoms with E-state index in [4.69, 9.17) is 17.4 Å². The molecule has 1 aromatic heterocycles. The first-order valence-electron chi connectivity index (χ1n) is 5.95. The van der Waals surface area contributed by atoms with E-state index in [9.17, 15) is 0 Å². The molecule has 0 saturated carbocycles. The van der Waals surface area contributed by atoms with Gasteiger partial charge in [0.25, 0.3) is 0 Å². The quantitative estimate of drug-likeness (QED) is 0.654. The van der Waals surface area contributed by atoms with Gasteiger partial charge in [0.05, 0.1) is 23.0 Å². The van der Waals surface area contributed by atoms with Crippen molar-refractivity contribution < 1.29 is 0 Å². The Morgan fingerprint density at radius 2 is 2.41 bits per heavy atom. The lowest BCUT2D eigenvalue weighted by molar-refractivity contribution is 0.437. The van der Waals surface area contributed by atoms with Crippen molar-refractivity contribution in [3.05, 3.63) is 16.9 Å². The fraction of sp³-hybridized carbons (Fsp3) is 0.727. The number of hydrazine groups is 1. The number of aromatic nitrogens is 2. The maximum atomic E-state index is 6.25. The number of hydrogen-bond acceptors (Lipinski definition) is 4. The van der Waals surface area contributed by atoms with Gasteiger partial charge < -0.3 is 0 Å². The molecule has 0 amide bonds. The largest absolute Gasteiger partial charge is 0.271 e. The van der Waals surface area contributed by atoms with E-state index in [1.165, 1.54) is 18.6 Å². The molecule has 0 aliphatic carbocycles. The molecule has 17 heavy (non-hydrogen) atoms. The van der Waals surface area contributed by atoms with Crippen molar-refractivity contribution >= 4 is 23.4 Å². The van der Waals surface area contributed by atoms with E-state index in [1.54, 1.807) is 6.20 Å². The molecular weight excluding hydrogens is 256 g/mol. The van der Waals surface area contributed by atoms with Gasteiger partial charge in [0.1, 0.15) is 0 Å². The highest BCUT2D eigenvalue weighted by Gasteiger charge is 2.31. The minimum absolute atomic E-state index is 0.0832. The van der Waals surface area contributed by atoms with Crippen LogP contribution < -0.4 is 11.3 Å². The van der Waals surface area contributed by atoms with Crippen LogP contribution >= 0.6 is 23.4 Å². The maximum absolute atomic E-state index is 6.25. The molecule has 3 N–H and O–H groups in total. The van der Waals surface area contributed by atoms with Gasteiger partial charge in [-0.25, -0.2) is 0 Å². The van der Waals surface area contributed by atoms with Crippen molar-refractivity contribution in [2.45, 2.75) is 44.0 Å². The van der Waals surface area contributed by atoms with Crippen LogP contribution in [-0.4, -0.2) is 20.8 Å². The zero-order valence-corrected chi connectivity index (χ0v) is 11.8. The second-order valence-electron chi connectivity index (χ2n) is 4.61. The number of nitrogens with two attached hydrogens (primary N) is 1. The first-order chi connectivity index (χ1) is 8.15. The minimum atomic E-state index is 0.0832. The van der Waals surface area contributed by atoms with Crippen molar-refractivity contribution in [3.8, 4) is 0 Å². The molecular formula is C11H19ClN4S. The molecule has 1 saturated heterocycles. The summed E-state index contributed by atoms with van der Waals surface area (Å²) in [6.45, 7) is 4.20. The molecule has 2 heterocycles. The van der Waals surface area contributed by atoms with Gasteiger partial charge in [-0.1, -0.05) is 11.6 Å². The van der Waals surface area contributed by atoms with Gasteiger partial charge >= 0.3 is 0 Å². The number of nitrogens with zero attached hydrogens (tertiary/aromatic N) is 2. The molecule has 4 nitrogen and oxygen atoms in total. The Bertz CT molecular complexity index is 374. The molecule has 2 unspecified atom stereocenters. The third-order valence-corrected chi connectivity index (χ3v) is 4.84. The topological polar surface area (TPSA) is 55.9 Å². The van der Waals surface area contributed by atoms with Gasteiger partial charge in [0, 0.05) is 11.3 Å². The molecule has 6 heteroatoms. The number of halogens is 1. The summed E-state index contributed by atoms with van der Waals surface area (Å²) in [5.74, 6) is 6.92. The summed E-state index contributed by atoms with van der Waals surface area (Å²) in [4.78, 5) is 0. The molecule has 2 rings (SSSR count). The Kier molecular flexibility index (Phi) is 4.36. The monoisotopic (exact) mass is 274 g/mol. The maximum Gasteiger partial charge on any atom is 0.0835 e. The number of nitrogens with one attached hydrogen (secondary N) is 1. The standard InChI is InChI=1S/C11H19ClN4S/c1-7(2)16-11(8(12)6-14-16)10(15-13)9-4-3-5-17-9/h6-7,9-10,15H,3-5,13H2,1-2H3. The van der Waals surface area contributed by atoms with Crippen LogP contribution in [0.1, 0.15) is 44.5 Å². The average molecular weight is 275 g/mol. The second-order valence-corrected chi connectivity index (χ2v) is 6.37. The smallest absolute Gasteiger partial charge is 0.0835 e. The zero-order valence-electron chi connectivity index (χ0n) is 10.2. The summed E-state index contributed by atoms with van der Waals surface area (Å²) >= 11 is 8.21. The Morgan fingerprint density at radius 1 is 1.65 bits per heavy atom. The molecule has 96 valence electrons. The molecule has 1 fully saturated rings. The first-order valence-corrected chi connectivity index (χ1v) is 7.38. The average Bonchev–Trinajstić information content (AvgIpc) is 2.91. The Hall–Kier alpha value is -0.230. The molecule has 1 aliphatic rings. The summed E-state index contributed by atoms with van der Waals surface area (Å²) in [5, 5.41) is 5.53. The van der Waals surface area contributed by atoms with Crippen molar-refractivity contribution in [2.75, 3.05) is 5.75 Å². The third-order valence-electron chi connectivity index (χ3n) is 3.09. The Morgan fingerprint density at radius 3 is 2.94 bits per heavy atom. The van der Waals surface area contributed by atoms with Crippen LogP contribution in [-0.2, 0) is 0 Å². The molecule has 0 bridgehead atoms. The van der Waals surface area contributed by atoms with Gasteiger partial charge in [0.15, 0.2) is 0 Å². The van der Waals surface area contributed by atoms with Crippen LogP contribution in [0.25, 0.3) is 0 Å². The lowest BCUT2D eigenvalue weighted by Gasteiger charge is -2.24. The van der Waals surface area contributed by atoms with Crippen LogP contribution in [0.2, 0.25) is 5.02 Å².